The molecule has 0 aliphatic rings. The average molecular weight is 323 g/mol. The molecular weight excluding hydrogens is 312 g/mol. The van der Waals surface area contributed by atoms with E-state index in [9.17, 15) is 8.78 Å². The molecule has 10 heteroatoms. The molecular formula is C12H11F2N7S. The predicted molar refractivity (Wildman–Crippen MR) is 79.2 cm³/mol. The second-order valence-electron chi connectivity index (χ2n) is 4.29. The molecule has 7 nitrogen and oxygen atoms in total. The van der Waals surface area contributed by atoms with E-state index in [0.717, 1.165) is 16.3 Å². The van der Waals surface area contributed by atoms with Crippen LogP contribution in [0.15, 0.2) is 29.4 Å². The maximum Gasteiger partial charge on any atom is 0.321 e. The Kier molecular flexibility index (Phi) is 3.75. The van der Waals surface area contributed by atoms with Gasteiger partial charge in [0.2, 0.25) is 11.9 Å². The Hall–Kier alpha value is -2.49. The van der Waals surface area contributed by atoms with Crippen molar-refractivity contribution in [3.63, 3.8) is 0 Å². The minimum absolute atomic E-state index is 0.00883. The first-order valence-electron chi connectivity index (χ1n) is 6.18. The van der Waals surface area contributed by atoms with Crippen LogP contribution in [-0.4, -0.2) is 24.5 Å². The second kappa shape index (κ2) is 5.72. The maximum atomic E-state index is 13.3. The maximum absolute atomic E-state index is 13.3. The van der Waals surface area contributed by atoms with E-state index in [1.807, 2.05) is 0 Å². The van der Waals surface area contributed by atoms with Gasteiger partial charge >= 0.3 is 6.55 Å². The lowest BCUT2D eigenvalue weighted by Gasteiger charge is -2.07. The van der Waals surface area contributed by atoms with Crippen molar-refractivity contribution >= 4 is 34.7 Å². The van der Waals surface area contributed by atoms with Crippen molar-refractivity contribution in [3.05, 3.63) is 30.1 Å². The molecule has 0 unspecified atom stereocenters. The van der Waals surface area contributed by atoms with Gasteiger partial charge in [-0.05, 0) is 12.1 Å². The van der Waals surface area contributed by atoms with Crippen LogP contribution in [0, 0.1) is 0 Å². The minimum atomic E-state index is -2.69. The van der Waals surface area contributed by atoms with Crippen molar-refractivity contribution in [1.82, 2.24) is 24.5 Å². The third kappa shape index (κ3) is 2.77. The van der Waals surface area contributed by atoms with Gasteiger partial charge in [-0.3, -0.25) is 4.57 Å². The van der Waals surface area contributed by atoms with E-state index in [-0.39, 0.29) is 22.8 Å². The molecule has 2 heterocycles. The van der Waals surface area contributed by atoms with Gasteiger partial charge < -0.3 is 11.5 Å². The molecule has 114 valence electrons. The smallest absolute Gasteiger partial charge is 0.321 e. The number of aromatic nitrogens is 5. The zero-order valence-corrected chi connectivity index (χ0v) is 12.0. The van der Waals surface area contributed by atoms with Crippen molar-refractivity contribution in [2.24, 2.45) is 0 Å². The lowest BCUT2D eigenvalue weighted by atomic mass is 10.3. The van der Waals surface area contributed by atoms with Crippen molar-refractivity contribution in [2.45, 2.75) is 17.5 Å². The molecule has 0 atom stereocenters. The topological polar surface area (TPSA) is 109 Å². The van der Waals surface area contributed by atoms with E-state index in [2.05, 4.69) is 19.9 Å². The van der Waals surface area contributed by atoms with Gasteiger partial charge in [0.25, 0.3) is 0 Å². The summed E-state index contributed by atoms with van der Waals surface area (Å²) in [5, 5.41) is 0.175. The minimum Gasteiger partial charge on any atom is -0.368 e. The van der Waals surface area contributed by atoms with Gasteiger partial charge in [0, 0.05) is 0 Å². The highest BCUT2D eigenvalue weighted by Crippen LogP contribution is 2.30. The zero-order valence-electron chi connectivity index (χ0n) is 11.1. The van der Waals surface area contributed by atoms with Crippen molar-refractivity contribution in [2.75, 3.05) is 11.5 Å². The van der Waals surface area contributed by atoms with Crippen LogP contribution >= 0.6 is 11.8 Å². The second-order valence-corrected chi connectivity index (χ2v) is 5.23. The van der Waals surface area contributed by atoms with Gasteiger partial charge in [0.05, 0.1) is 16.8 Å². The fourth-order valence-electron chi connectivity index (χ4n) is 1.96. The molecule has 0 radical (unpaired) electrons. The molecule has 22 heavy (non-hydrogen) atoms. The quantitative estimate of drug-likeness (QED) is 0.707. The Morgan fingerprint density at radius 1 is 1.05 bits per heavy atom. The van der Waals surface area contributed by atoms with Crippen LogP contribution in [0.4, 0.5) is 20.7 Å². The van der Waals surface area contributed by atoms with Crippen LogP contribution < -0.4 is 11.5 Å². The molecule has 0 spiro atoms. The summed E-state index contributed by atoms with van der Waals surface area (Å²) in [5.74, 6) is 0.492. The Bertz CT molecular complexity index is 800. The number of alkyl halides is 2. The summed E-state index contributed by atoms with van der Waals surface area (Å²) < 4.78 is 27.4. The van der Waals surface area contributed by atoms with E-state index >= 15 is 0 Å². The zero-order chi connectivity index (χ0) is 15.7. The summed E-state index contributed by atoms with van der Waals surface area (Å²) in [4.78, 5) is 15.7. The molecule has 0 bridgehead atoms. The molecule has 4 N–H and O–H groups in total. The molecule has 0 saturated heterocycles. The lowest BCUT2D eigenvalue weighted by molar-refractivity contribution is 0.0656. The number of hydrogen-bond donors (Lipinski definition) is 2. The first-order chi connectivity index (χ1) is 10.5. The molecule has 0 fully saturated rings. The number of hydrogen-bond acceptors (Lipinski definition) is 7. The highest BCUT2D eigenvalue weighted by molar-refractivity contribution is 7.98. The van der Waals surface area contributed by atoms with Gasteiger partial charge in [-0.1, -0.05) is 23.9 Å². The van der Waals surface area contributed by atoms with Crippen LogP contribution in [0.2, 0.25) is 0 Å². The molecule has 3 aromatic rings. The number of nitrogen functional groups attached to an aromatic ring is 2. The summed E-state index contributed by atoms with van der Waals surface area (Å²) in [6, 6.07) is 6.70. The first-order valence-corrected chi connectivity index (χ1v) is 7.17. The molecule has 0 amide bonds. The molecule has 0 saturated carbocycles. The molecule has 2 aromatic heterocycles. The van der Waals surface area contributed by atoms with E-state index in [0.29, 0.717) is 16.9 Å². The predicted octanol–water partition coefficient (Wildman–Crippen LogP) is 2.07. The molecule has 3 rings (SSSR count). The number of para-hydroxylation sites is 2. The van der Waals surface area contributed by atoms with Crippen molar-refractivity contribution < 1.29 is 8.78 Å². The largest absolute Gasteiger partial charge is 0.368 e. The van der Waals surface area contributed by atoms with E-state index < -0.39 is 6.55 Å². The summed E-state index contributed by atoms with van der Waals surface area (Å²) in [7, 11) is 0. The normalized spacial score (nSPS) is 11.4. The summed E-state index contributed by atoms with van der Waals surface area (Å²) in [6.07, 6.45) is 0. The van der Waals surface area contributed by atoms with Gasteiger partial charge in [-0.25, -0.2) is 4.98 Å². The van der Waals surface area contributed by atoms with Gasteiger partial charge in [-0.2, -0.15) is 23.7 Å². The number of thioether (sulfide) groups is 1. The Balaban J connectivity index is 1.91. The Morgan fingerprint density at radius 3 is 2.41 bits per heavy atom. The van der Waals surface area contributed by atoms with Crippen LogP contribution in [0.3, 0.4) is 0 Å². The number of fused-ring (bicyclic) bond motifs is 1. The number of anilines is 2. The number of nitrogens with zero attached hydrogens (tertiary/aromatic N) is 5. The third-order valence-electron chi connectivity index (χ3n) is 2.81. The van der Waals surface area contributed by atoms with Crippen LogP contribution in [0.25, 0.3) is 11.0 Å². The Labute approximate surface area is 127 Å². The standard InChI is InChI=1S/C12H11F2N7S/c13-9(14)21-7-4-2-1-3-6(7)17-12(21)22-5-8-18-10(15)20-11(16)19-8/h1-4,9H,5H2,(H4,15,16,18,19,20). The molecule has 1 aromatic carbocycles. The SMILES string of the molecule is Nc1nc(N)nc(CSc2nc3ccccc3n2C(F)F)n1. The number of nitrogens with two attached hydrogens (primary N) is 2. The van der Waals surface area contributed by atoms with Crippen molar-refractivity contribution in [3.8, 4) is 0 Å². The van der Waals surface area contributed by atoms with Gasteiger partial charge in [0.1, 0.15) is 5.82 Å². The van der Waals surface area contributed by atoms with Crippen LogP contribution in [0.5, 0.6) is 0 Å². The lowest BCUT2D eigenvalue weighted by Crippen LogP contribution is -2.06. The highest BCUT2D eigenvalue weighted by Gasteiger charge is 2.18. The molecule has 0 aliphatic carbocycles. The van der Waals surface area contributed by atoms with Crippen molar-refractivity contribution in [1.29, 1.82) is 0 Å². The fraction of sp³-hybridized carbons (Fsp3) is 0.167. The number of imidazole rings is 1. The van der Waals surface area contributed by atoms with E-state index in [4.69, 9.17) is 11.5 Å². The average Bonchev–Trinajstić information content (AvgIpc) is 2.82. The van der Waals surface area contributed by atoms with Crippen LogP contribution in [-0.2, 0) is 5.75 Å². The van der Waals surface area contributed by atoms with E-state index in [1.165, 1.54) is 0 Å². The first kappa shape index (κ1) is 14.4. The van der Waals surface area contributed by atoms with E-state index in [1.54, 1.807) is 24.3 Å². The number of benzene rings is 1. The van der Waals surface area contributed by atoms with Gasteiger partial charge in [0.15, 0.2) is 5.16 Å². The summed E-state index contributed by atoms with van der Waals surface area (Å²) in [6.45, 7) is -2.69. The fourth-order valence-corrected chi connectivity index (χ4v) is 2.83. The number of halogens is 2. The summed E-state index contributed by atoms with van der Waals surface area (Å²) in [5.41, 5.74) is 11.8. The Morgan fingerprint density at radius 2 is 1.73 bits per heavy atom. The third-order valence-corrected chi connectivity index (χ3v) is 3.75. The highest BCUT2D eigenvalue weighted by atomic mass is 32.2. The summed E-state index contributed by atoms with van der Waals surface area (Å²) >= 11 is 1.08. The van der Waals surface area contributed by atoms with Crippen LogP contribution in [0.1, 0.15) is 12.4 Å². The molecule has 0 aliphatic heterocycles. The number of rotatable bonds is 4. The monoisotopic (exact) mass is 323 g/mol. The van der Waals surface area contributed by atoms with Gasteiger partial charge in [-0.15, -0.1) is 0 Å².